The molecule has 39 heavy (non-hydrogen) atoms. The Kier molecular flexibility index (Phi) is 7.47. The van der Waals surface area contributed by atoms with Crippen LogP contribution in [0.2, 0.25) is 0 Å². The molecule has 1 saturated heterocycles. The molecule has 0 spiro atoms. The predicted molar refractivity (Wildman–Crippen MR) is 156 cm³/mol. The number of carbonyl (C=O) groups is 1. The lowest BCUT2D eigenvalue weighted by Gasteiger charge is -2.28. The number of aromatic nitrogens is 1. The summed E-state index contributed by atoms with van der Waals surface area (Å²) in [6, 6.07) is 20.3. The third-order valence-electron chi connectivity index (χ3n) is 7.31. The highest BCUT2D eigenvalue weighted by atomic mass is 32.2. The van der Waals surface area contributed by atoms with Crippen LogP contribution in [-0.4, -0.2) is 55.7 Å². The standard InChI is InChI=1S/C29H29N3O4S3/c1-37-25-9-4-10-26-27(25)30-29(38-26)32(19-23-8-5-17-36-23)28(33)21-11-13-24(14-12-21)39(34,35)31-16-15-20-6-2-3-7-22(20)18-31/h2-4,6-7,9-14,23H,5,8,15-19H2,1H3. The lowest BCUT2D eigenvalue weighted by molar-refractivity contribution is 0.0917. The minimum Gasteiger partial charge on any atom is -0.376 e. The second-order valence-electron chi connectivity index (χ2n) is 9.74. The third-order valence-corrected chi connectivity index (χ3v) is 11.0. The molecule has 3 aromatic carbocycles. The van der Waals surface area contributed by atoms with Gasteiger partial charge in [0.2, 0.25) is 10.0 Å². The van der Waals surface area contributed by atoms with Crippen molar-refractivity contribution in [3.05, 3.63) is 83.4 Å². The molecule has 10 heteroatoms. The van der Waals surface area contributed by atoms with Gasteiger partial charge in [0.15, 0.2) is 5.13 Å². The van der Waals surface area contributed by atoms with Crippen LogP contribution in [0.25, 0.3) is 10.2 Å². The molecular formula is C29H29N3O4S3. The van der Waals surface area contributed by atoms with Gasteiger partial charge in [-0.1, -0.05) is 41.7 Å². The monoisotopic (exact) mass is 579 g/mol. The van der Waals surface area contributed by atoms with Crippen LogP contribution in [0.4, 0.5) is 5.13 Å². The maximum absolute atomic E-state index is 13.8. The van der Waals surface area contributed by atoms with Crippen LogP contribution >= 0.6 is 23.1 Å². The summed E-state index contributed by atoms with van der Waals surface area (Å²) in [6.45, 7) is 1.88. The minimum atomic E-state index is -3.69. The Balaban J connectivity index is 1.27. The summed E-state index contributed by atoms with van der Waals surface area (Å²) < 4.78 is 35.2. The Labute approximate surface area is 236 Å². The molecule has 1 aromatic heterocycles. The van der Waals surface area contributed by atoms with E-state index >= 15 is 0 Å². The molecule has 202 valence electrons. The Hall–Kier alpha value is -2.76. The van der Waals surface area contributed by atoms with Gasteiger partial charge in [-0.25, -0.2) is 13.4 Å². The number of para-hydroxylation sites is 1. The number of anilines is 1. The van der Waals surface area contributed by atoms with Gasteiger partial charge < -0.3 is 4.74 Å². The van der Waals surface area contributed by atoms with Crippen molar-refractivity contribution in [3.8, 4) is 0 Å². The summed E-state index contributed by atoms with van der Waals surface area (Å²) in [5.41, 5.74) is 3.53. The zero-order valence-corrected chi connectivity index (χ0v) is 24.0. The molecule has 1 unspecified atom stereocenters. The summed E-state index contributed by atoms with van der Waals surface area (Å²) in [7, 11) is -3.69. The van der Waals surface area contributed by atoms with Crippen LogP contribution in [0.1, 0.15) is 34.3 Å². The molecule has 0 radical (unpaired) electrons. The number of fused-ring (bicyclic) bond motifs is 2. The molecule has 0 bridgehead atoms. The number of rotatable bonds is 7. The van der Waals surface area contributed by atoms with Crippen molar-refractivity contribution in [1.82, 2.24) is 9.29 Å². The topological polar surface area (TPSA) is 79.8 Å². The smallest absolute Gasteiger partial charge is 0.260 e. The number of nitrogens with zero attached hydrogens (tertiary/aromatic N) is 3. The molecule has 0 N–H and O–H groups in total. The highest BCUT2D eigenvalue weighted by Gasteiger charge is 2.30. The molecular weight excluding hydrogens is 551 g/mol. The molecule has 1 atom stereocenters. The van der Waals surface area contributed by atoms with Crippen molar-refractivity contribution in [1.29, 1.82) is 0 Å². The second-order valence-corrected chi connectivity index (χ2v) is 13.5. The van der Waals surface area contributed by atoms with Crippen molar-refractivity contribution in [2.24, 2.45) is 0 Å². The molecule has 7 nitrogen and oxygen atoms in total. The van der Waals surface area contributed by atoms with Crippen molar-refractivity contribution in [3.63, 3.8) is 0 Å². The van der Waals surface area contributed by atoms with Crippen molar-refractivity contribution >= 4 is 54.4 Å². The molecule has 1 fully saturated rings. The largest absolute Gasteiger partial charge is 0.376 e. The average Bonchev–Trinajstić information content (AvgIpc) is 3.65. The maximum atomic E-state index is 13.8. The van der Waals surface area contributed by atoms with Gasteiger partial charge >= 0.3 is 0 Å². The fraction of sp³-hybridized carbons (Fsp3) is 0.310. The maximum Gasteiger partial charge on any atom is 0.260 e. The Morgan fingerprint density at radius 3 is 2.64 bits per heavy atom. The number of benzene rings is 3. The number of carbonyl (C=O) groups excluding carboxylic acids is 1. The molecule has 0 saturated carbocycles. The number of sulfonamides is 1. The van der Waals surface area contributed by atoms with Crippen LogP contribution in [0.3, 0.4) is 0 Å². The SMILES string of the molecule is CSc1cccc2sc(N(CC3CCCO3)C(=O)c3ccc(S(=O)(=O)N4CCc5ccccc5C4)cc3)nc12. The number of thioether (sulfide) groups is 1. The fourth-order valence-corrected chi connectivity index (χ4v) is 8.23. The Bertz CT molecular complexity index is 1610. The van der Waals surface area contributed by atoms with E-state index in [0.29, 0.717) is 43.4 Å². The molecule has 6 rings (SSSR count). The van der Waals surface area contributed by atoms with Crippen LogP contribution < -0.4 is 4.90 Å². The van der Waals surface area contributed by atoms with Crippen molar-refractivity contribution in [2.45, 2.75) is 41.7 Å². The molecule has 3 heterocycles. The van der Waals surface area contributed by atoms with E-state index in [0.717, 1.165) is 33.5 Å². The second kappa shape index (κ2) is 11.0. The van der Waals surface area contributed by atoms with E-state index in [1.807, 2.05) is 42.7 Å². The van der Waals surface area contributed by atoms with E-state index in [1.54, 1.807) is 28.8 Å². The van der Waals surface area contributed by atoms with Crippen LogP contribution in [0.5, 0.6) is 0 Å². The third kappa shape index (κ3) is 5.24. The predicted octanol–water partition coefficient (Wildman–Crippen LogP) is 5.59. The first-order valence-electron chi connectivity index (χ1n) is 13.0. The summed E-state index contributed by atoms with van der Waals surface area (Å²) >= 11 is 3.11. The zero-order valence-electron chi connectivity index (χ0n) is 21.6. The number of thiazole rings is 1. The van der Waals surface area contributed by atoms with E-state index in [4.69, 9.17) is 9.72 Å². The first-order chi connectivity index (χ1) is 18.9. The normalized spacial score (nSPS) is 17.8. The summed E-state index contributed by atoms with van der Waals surface area (Å²) in [6.07, 6.45) is 4.51. The van der Waals surface area contributed by atoms with Gasteiger partial charge in [-0.15, -0.1) is 11.8 Å². The number of hydrogen-bond acceptors (Lipinski definition) is 7. The van der Waals surface area contributed by atoms with Crippen LogP contribution in [-0.2, 0) is 27.7 Å². The van der Waals surface area contributed by atoms with Crippen LogP contribution in [0, 0.1) is 0 Å². The van der Waals surface area contributed by atoms with E-state index in [9.17, 15) is 13.2 Å². The highest BCUT2D eigenvalue weighted by Crippen LogP contribution is 2.35. The molecule has 4 aromatic rings. The van der Waals surface area contributed by atoms with Crippen LogP contribution in [0.15, 0.2) is 76.5 Å². The van der Waals surface area contributed by atoms with Crippen molar-refractivity contribution in [2.75, 3.05) is 30.9 Å². The van der Waals surface area contributed by atoms with Gasteiger partial charge in [0.1, 0.15) is 0 Å². The summed E-state index contributed by atoms with van der Waals surface area (Å²) in [4.78, 5) is 21.6. The van der Waals surface area contributed by atoms with Gasteiger partial charge in [0.05, 0.1) is 27.8 Å². The quantitative estimate of drug-likeness (QED) is 0.266. The van der Waals surface area contributed by atoms with E-state index in [2.05, 4.69) is 6.07 Å². The van der Waals surface area contributed by atoms with Gasteiger partial charge in [0, 0.05) is 30.2 Å². The van der Waals surface area contributed by atoms with E-state index in [-0.39, 0.29) is 16.9 Å². The van der Waals surface area contributed by atoms with Crippen molar-refractivity contribution < 1.29 is 17.9 Å². The number of amides is 1. The first kappa shape index (κ1) is 26.5. The van der Waals surface area contributed by atoms with E-state index in [1.165, 1.54) is 33.3 Å². The fourth-order valence-electron chi connectivity index (χ4n) is 5.18. The first-order valence-corrected chi connectivity index (χ1v) is 16.5. The van der Waals surface area contributed by atoms with Gasteiger partial charge in [-0.3, -0.25) is 9.69 Å². The lowest BCUT2D eigenvalue weighted by atomic mass is 10.0. The Morgan fingerprint density at radius 2 is 1.90 bits per heavy atom. The molecule has 0 aliphatic carbocycles. The molecule has 1 amide bonds. The zero-order chi connectivity index (χ0) is 27.0. The van der Waals surface area contributed by atoms with Gasteiger partial charge in [-0.2, -0.15) is 4.31 Å². The number of ether oxygens (including phenoxy) is 1. The highest BCUT2D eigenvalue weighted by molar-refractivity contribution is 7.98. The lowest BCUT2D eigenvalue weighted by Crippen LogP contribution is -2.37. The summed E-state index contributed by atoms with van der Waals surface area (Å²) in [5.74, 6) is -0.217. The molecule has 2 aliphatic heterocycles. The summed E-state index contributed by atoms with van der Waals surface area (Å²) in [5, 5.41) is 0.621. The Morgan fingerprint density at radius 1 is 1.10 bits per heavy atom. The molecule has 2 aliphatic rings. The van der Waals surface area contributed by atoms with Gasteiger partial charge in [0.25, 0.3) is 5.91 Å². The minimum absolute atomic E-state index is 0.0531. The average molecular weight is 580 g/mol. The number of hydrogen-bond donors (Lipinski definition) is 0. The van der Waals surface area contributed by atoms with Gasteiger partial charge in [-0.05, 0) is 73.0 Å². The van der Waals surface area contributed by atoms with E-state index < -0.39 is 10.0 Å².